The van der Waals surface area contributed by atoms with E-state index in [1.54, 1.807) is 0 Å². The van der Waals surface area contributed by atoms with E-state index in [0.717, 1.165) is 10.2 Å². The zero-order valence-electron chi connectivity index (χ0n) is 10.0. The van der Waals surface area contributed by atoms with Gasteiger partial charge in [-0.1, -0.05) is 30.3 Å². The maximum atomic E-state index is 5.84. The quantitative estimate of drug-likeness (QED) is 0.800. The minimum atomic E-state index is 0.612. The summed E-state index contributed by atoms with van der Waals surface area (Å²) in [4.78, 5) is 0. The molecule has 0 aliphatic heterocycles. The predicted molar refractivity (Wildman–Crippen MR) is 74.4 cm³/mol. The Balaban J connectivity index is 2.16. The number of ether oxygens (including phenoxy) is 1. The monoisotopic (exact) mass is 290 g/mol. The van der Waals surface area contributed by atoms with Crippen molar-refractivity contribution >= 4 is 15.9 Å². The zero-order chi connectivity index (χ0) is 12.3. The number of hydrogen-bond acceptors (Lipinski definition) is 1. The van der Waals surface area contributed by atoms with Crippen LogP contribution in [0.25, 0.3) is 0 Å². The van der Waals surface area contributed by atoms with Crippen LogP contribution in [0.15, 0.2) is 46.9 Å². The summed E-state index contributed by atoms with van der Waals surface area (Å²) >= 11 is 3.48. The van der Waals surface area contributed by atoms with E-state index in [1.807, 2.05) is 24.3 Å². The second kappa shape index (κ2) is 5.37. The number of para-hydroxylation sites is 1. The minimum absolute atomic E-state index is 0.612. The van der Waals surface area contributed by atoms with Gasteiger partial charge >= 0.3 is 0 Å². The Bertz CT molecular complexity index is 500. The second-order valence-electron chi connectivity index (χ2n) is 4.09. The largest absolute Gasteiger partial charge is 0.488 e. The standard InChI is InChI=1S/C15H15BrO/c1-11-6-5-7-12(2)13(11)10-17-15-9-4-3-8-14(15)16/h3-9H,10H2,1-2H3. The fourth-order valence-electron chi connectivity index (χ4n) is 1.79. The van der Waals surface area contributed by atoms with Gasteiger partial charge < -0.3 is 4.74 Å². The normalized spacial score (nSPS) is 10.3. The molecular weight excluding hydrogens is 276 g/mol. The van der Waals surface area contributed by atoms with Crippen LogP contribution < -0.4 is 4.74 Å². The molecule has 0 unspecified atom stereocenters. The van der Waals surface area contributed by atoms with Gasteiger partial charge in [-0.2, -0.15) is 0 Å². The maximum absolute atomic E-state index is 5.84. The molecule has 0 spiro atoms. The number of aryl methyl sites for hydroxylation is 2. The molecule has 2 rings (SSSR count). The van der Waals surface area contributed by atoms with E-state index in [-0.39, 0.29) is 0 Å². The van der Waals surface area contributed by atoms with E-state index in [1.165, 1.54) is 16.7 Å². The molecule has 0 aliphatic rings. The lowest BCUT2D eigenvalue weighted by molar-refractivity contribution is 0.302. The molecule has 0 radical (unpaired) electrons. The lowest BCUT2D eigenvalue weighted by Gasteiger charge is -2.12. The first-order valence-electron chi connectivity index (χ1n) is 5.61. The Hall–Kier alpha value is -1.28. The molecule has 0 aliphatic carbocycles. The van der Waals surface area contributed by atoms with Crippen molar-refractivity contribution in [3.63, 3.8) is 0 Å². The molecule has 17 heavy (non-hydrogen) atoms. The Kier molecular flexibility index (Phi) is 3.85. The molecule has 0 N–H and O–H groups in total. The highest BCUT2D eigenvalue weighted by Crippen LogP contribution is 2.25. The molecule has 0 saturated carbocycles. The summed E-state index contributed by atoms with van der Waals surface area (Å²) in [6.07, 6.45) is 0. The van der Waals surface area contributed by atoms with E-state index >= 15 is 0 Å². The summed E-state index contributed by atoms with van der Waals surface area (Å²) in [5.41, 5.74) is 3.82. The highest BCUT2D eigenvalue weighted by molar-refractivity contribution is 9.10. The van der Waals surface area contributed by atoms with Crippen LogP contribution in [0.2, 0.25) is 0 Å². The van der Waals surface area contributed by atoms with Crippen molar-refractivity contribution in [2.45, 2.75) is 20.5 Å². The summed E-state index contributed by atoms with van der Waals surface area (Å²) < 4.78 is 6.83. The minimum Gasteiger partial charge on any atom is -0.488 e. The SMILES string of the molecule is Cc1cccc(C)c1COc1ccccc1Br. The molecule has 0 aromatic heterocycles. The van der Waals surface area contributed by atoms with Gasteiger partial charge in [0.15, 0.2) is 0 Å². The van der Waals surface area contributed by atoms with Gasteiger partial charge in [0.2, 0.25) is 0 Å². The van der Waals surface area contributed by atoms with E-state index in [2.05, 4.69) is 48.0 Å². The fourth-order valence-corrected chi connectivity index (χ4v) is 2.19. The number of halogens is 1. The smallest absolute Gasteiger partial charge is 0.133 e. The molecular formula is C15H15BrO. The molecule has 1 nitrogen and oxygen atoms in total. The molecule has 2 aromatic rings. The molecule has 88 valence electrons. The van der Waals surface area contributed by atoms with Gasteiger partial charge in [-0.15, -0.1) is 0 Å². The number of benzene rings is 2. The third kappa shape index (κ3) is 2.89. The van der Waals surface area contributed by atoms with Crippen molar-refractivity contribution in [1.82, 2.24) is 0 Å². The van der Waals surface area contributed by atoms with Crippen LogP contribution in [-0.2, 0) is 6.61 Å². The van der Waals surface area contributed by atoms with Gasteiger partial charge in [0.1, 0.15) is 12.4 Å². The summed E-state index contributed by atoms with van der Waals surface area (Å²) in [5.74, 6) is 0.884. The molecule has 0 bridgehead atoms. The molecule has 2 heteroatoms. The summed E-state index contributed by atoms with van der Waals surface area (Å²) in [6.45, 7) is 4.85. The van der Waals surface area contributed by atoms with Crippen LogP contribution in [0, 0.1) is 13.8 Å². The summed E-state index contributed by atoms with van der Waals surface area (Å²) in [5, 5.41) is 0. The highest BCUT2D eigenvalue weighted by atomic mass is 79.9. The maximum Gasteiger partial charge on any atom is 0.133 e. The van der Waals surface area contributed by atoms with Gasteiger partial charge in [-0.05, 0) is 58.6 Å². The van der Waals surface area contributed by atoms with Gasteiger partial charge in [-0.25, -0.2) is 0 Å². The third-order valence-corrected chi connectivity index (χ3v) is 3.51. The van der Waals surface area contributed by atoms with Gasteiger partial charge in [-0.3, -0.25) is 0 Å². The average Bonchev–Trinajstić information content (AvgIpc) is 2.30. The van der Waals surface area contributed by atoms with Crippen LogP contribution in [0.4, 0.5) is 0 Å². The first-order valence-corrected chi connectivity index (χ1v) is 6.40. The lowest BCUT2D eigenvalue weighted by Crippen LogP contribution is -2.00. The van der Waals surface area contributed by atoms with Crippen LogP contribution in [-0.4, -0.2) is 0 Å². The molecule has 2 aromatic carbocycles. The van der Waals surface area contributed by atoms with Crippen molar-refractivity contribution in [3.05, 3.63) is 63.6 Å². The van der Waals surface area contributed by atoms with E-state index in [0.29, 0.717) is 6.61 Å². The Morgan fingerprint density at radius 2 is 1.59 bits per heavy atom. The van der Waals surface area contributed by atoms with Gasteiger partial charge in [0.05, 0.1) is 4.47 Å². The van der Waals surface area contributed by atoms with Crippen molar-refractivity contribution in [2.24, 2.45) is 0 Å². The van der Waals surface area contributed by atoms with E-state index < -0.39 is 0 Å². The van der Waals surface area contributed by atoms with Crippen molar-refractivity contribution in [1.29, 1.82) is 0 Å². The first-order chi connectivity index (χ1) is 8.18. The molecule has 0 fully saturated rings. The second-order valence-corrected chi connectivity index (χ2v) is 4.94. The Labute approximate surface area is 111 Å². The number of rotatable bonds is 3. The van der Waals surface area contributed by atoms with E-state index in [4.69, 9.17) is 4.74 Å². The molecule has 0 amide bonds. The van der Waals surface area contributed by atoms with Crippen LogP contribution in [0.3, 0.4) is 0 Å². The fraction of sp³-hybridized carbons (Fsp3) is 0.200. The number of hydrogen-bond donors (Lipinski definition) is 0. The van der Waals surface area contributed by atoms with Gasteiger partial charge in [0, 0.05) is 0 Å². The Morgan fingerprint density at radius 1 is 0.941 bits per heavy atom. The first kappa shape index (κ1) is 12.2. The van der Waals surface area contributed by atoms with E-state index in [9.17, 15) is 0 Å². The Morgan fingerprint density at radius 3 is 2.24 bits per heavy atom. The van der Waals surface area contributed by atoms with Crippen molar-refractivity contribution < 1.29 is 4.74 Å². The highest BCUT2D eigenvalue weighted by Gasteiger charge is 2.04. The predicted octanol–water partition coefficient (Wildman–Crippen LogP) is 4.64. The van der Waals surface area contributed by atoms with Gasteiger partial charge in [0.25, 0.3) is 0 Å². The molecule has 0 saturated heterocycles. The molecule has 0 heterocycles. The lowest BCUT2D eigenvalue weighted by atomic mass is 10.0. The zero-order valence-corrected chi connectivity index (χ0v) is 11.6. The van der Waals surface area contributed by atoms with Crippen LogP contribution in [0.5, 0.6) is 5.75 Å². The molecule has 0 atom stereocenters. The van der Waals surface area contributed by atoms with Crippen LogP contribution >= 0.6 is 15.9 Å². The van der Waals surface area contributed by atoms with Crippen molar-refractivity contribution in [3.8, 4) is 5.75 Å². The van der Waals surface area contributed by atoms with Crippen LogP contribution in [0.1, 0.15) is 16.7 Å². The van der Waals surface area contributed by atoms with Crippen molar-refractivity contribution in [2.75, 3.05) is 0 Å². The third-order valence-electron chi connectivity index (χ3n) is 2.85. The topological polar surface area (TPSA) is 9.23 Å². The summed E-state index contributed by atoms with van der Waals surface area (Å²) in [7, 11) is 0. The average molecular weight is 291 g/mol. The summed E-state index contributed by atoms with van der Waals surface area (Å²) in [6, 6.07) is 14.2.